The van der Waals surface area contributed by atoms with Crippen LogP contribution in [-0.2, 0) is 95.4 Å². The van der Waals surface area contributed by atoms with Crippen LogP contribution in [0.4, 0.5) is 0 Å². The lowest BCUT2D eigenvalue weighted by Gasteiger charge is -2.34. The number of hydrogen-bond acceptors (Lipinski definition) is 23. The number of amides is 2. The van der Waals surface area contributed by atoms with Gasteiger partial charge in [0, 0.05) is 74.3 Å². The fourth-order valence-electron chi connectivity index (χ4n) is 6.89. The van der Waals surface area contributed by atoms with E-state index in [1.165, 1.54) is 41.5 Å². The second kappa shape index (κ2) is 56.8. The number of nitrogens with one attached hydrogen (secondary N) is 2. The lowest BCUT2D eigenvalue weighted by Crippen LogP contribution is -2.58. The van der Waals surface area contributed by atoms with E-state index in [1.807, 2.05) is 0 Å². The van der Waals surface area contributed by atoms with Crippen LogP contribution in [0.1, 0.15) is 151 Å². The van der Waals surface area contributed by atoms with Gasteiger partial charge in [-0.1, -0.05) is 23.1 Å². The van der Waals surface area contributed by atoms with E-state index in [9.17, 15) is 52.7 Å². The van der Waals surface area contributed by atoms with Gasteiger partial charge in [-0.05, 0) is 78.3 Å². The summed E-state index contributed by atoms with van der Waals surface area (Å²) < 4.78 is 49.5. The maximum Gasteiger partial charge on any atom is 0.305 e. The number of carbonyl (C=O) groups excluding carboxylic acids is 8. The topological polar surface area (TPSA) is 479 Å². The monoisotopic (exact) mass is 1280 g/mol. The minimum Gasteiger partial charge on any atom is -0.481 e. The van der Waals surface area contributed by atoms with Gasteiger partial charge in [0.25, 0.3) is 0 Å². The number of ketones is 6. The van der Waals surface area contributed by atoms with Crippen LogP contribution in [-0.4, -0.2) is 228 Å². The second-order valence-electron chi connectivity index (χ2n) is 21.2. The van der Waals surface area contributed by atoms with Crippen LogP contribution in [0.2, 0.25) is 0 Å². The van der Waals surface area contributed by atoms with Gasteiger partial charge in [-0.3, -0.25) is 52.7 Å². The van der Waals surface area contributed by atoms with Crippen molar-refractivity contribution in [2.24, 2.45) is 16.0 Å². The van der Waals surface area contributed by atoms with Crippen molar-refractivity contribution < 1.29 is 111 Å². The molecule has 32 heteroatoms. The number of nitrogens with two attached hydrogens (primary N) is 1. The van der Waals surface area contributed by atoms with Crippen molar-refractivity contribution in [3.05, 3.63) is 20.9 Å². The Morgan fingerprint density at radius 3 is 0.764 bits per heavy atom. The number of nitrogens with zero attached hydrogens (tertiary/aromatic N) is 6. The van der Waals surface area contributed by atoms with E-state index in [4.69, 9.17) is 74.7 Å². The van der Waals surface area contributed by atoms with Crippen LogP contribution in [0.25, 0.3) is 20.9 Å². The standard InChI is InChI=1S/C22H38N4O7.C19H32N4O10.C16H29NO6/c1-18(27)8-12-31-15-22(16-32-13-9-19(2)28,17-33-14-10-20(3)29)25-21(30)7-5-4-6-11-24-26-23;20-23-21-8-3-1-2-4-15(24)22-19(12-31-9-5-16(25)26,13-32-10-6-17(27)28)14-33-11-7-18(29)30;1-13(18)4-7-21-10-16(17,11-22-8-5-14(2)19)12-23-9-6-15(3)20/h4-17H2,1-3H3,(H,25,30);1-14H2,(H,22,24)(H,25,26)(H,27,28)(H,29,30);4-12,17H2,1-3H3. The summed E-state index contributed by atoms with van der Waals surface area (Å²) in [5.74, 6) is -3.71. The Hall–Kier alpha value is -6.41. The molecule has 7 N–H and O–H groups in total. The first-order chi connectivity index (χ1) is 42.2. The number of ether oxygens (including phenoxy) is 9. The number of carboxylic acid groups (broad SMARTS) is 3. The number of aliphatic carboxylic acids is 3. The summed E-state index contributed by atoms with van der Waals surface area (Å²) in [5, 5.41) is 38.9. The fraction of sp³-hybridized carbons (Fsp3) is 0.807. The van der Waals surface area contributed by atoms with E-state index in [0.717, 1.165) is 6.42 Å². The maximum absolute atomic E-state index is 12.6. The van der Waals surface area contributed by atoms with Gasteiger partial charge in [0.2, 0.25) is 11.8 Å². The number of azide groups is 2. The first kappa shape index (κ1) is 86.8. The summed E-state index contributed by atoms with van der Waals surface area (Å²) in [7, 11) is 0. The minimum absolute atomic E-state index is 0.0132. The molecule has 0 aromatic heterocycles. The van der Waals surface area contributed by atoms with Gasteiger partial charge in [0.15, 0.2) is 0 Å². The van der Waals surface area contributed by atoms with Crippen molar-refractivity contribution >= 4 is 64.4 Å². The van der Waals surface area contributed by atoms with Gasteiger partial charge in [-0.2, -0.15) is 0 Å². The first-order valence-corrected chi connectivity index (χ1v) is 29.4. The third kappa shape index (κ3) is 61.6. The van der Waals surface area contributed by atoms with E-state index in [1.54, 1.807) is 0 Å². The maximum atomic E-state index is 12.6. The molecule has 0 fully saturated rings. The predicted molar refractivity (Wildman–Crippen MR) is 320 cm³/mol. The molecule has 0 heterocycles. The summed E-state index contributed by atoms with van der Waals surface area (Å²) in [6.07, 6.45) is 5.12. The van der Waals surface area contributed by atoms with Crippen molar-refractivity contribution in [1.29, 1.82) is 0 Å². The molecule has 32 nitrogen and oxygen atoms in total. The van der Waals surface area contributed by atoms with Gasteiger partial charge in [0.1, 0.15) is 45.8 Å². The van der Waals surface area contributed by atoms with Crippen LogP contribution in [0.5, 0.6) is 0 Å². The Balaban J connectivity index is -0.00000127. The summed E-state index contributed by atoms with van der Waals surface area (Å²) in [4.78, 5) is 129. The zero-order valence-electron chi connectivity index (χ0n) is 52.9. The Bertz CT molecular complexity index is 1900. The molecule has 0 aromatic carbocycles. The predicted octanol–water partition coefficient (Wildman–Crippen LogP) is 4.56. The highest BCUT2D eigenvalue weighted by Gasteiger charge is 2.35. The molecular formula is C57H99N9O23. The average Bonchev–Trinajstić information content (AvgIpc) is 3.55. The Morgan fingerprint density at radius 2 is 0.562 bits per heavy atom. The first-order valence-electron chi connectivity index (χ1n) is 29.4. The quantitative estimate of drug-likeness (QED) is 0.0210. The Labute approximate surface area is 520 Å². The molecule has 0 aliphatic rings. The van der Waals surface area contributed by atoms with Crippen LogP contribution >= 0.6 is 0 Å². The summed E-state index contributed by atoms with van der Waals surface area (Å²) in [6, 6.07) is 0. The van der Waals surface area contributed by atoms with Gasteiger partial charge >= 0.3 is 17.9 Å². The molecule has 0 aromatic rings. The lowest BCUT2D eigenvalue weighted by atomic mass is 10.0. The normalized spacial score (nSPS) is 11.1. The molecule has 0 atom stereocenters. The molecular weight excluding hydrogens is 1180 g/mol. The number of unbranched alkanes of at least 4 members (excludes halogenated alkanes) is 4. The van der Waals surface area contributed by atoms with Crippen LogP contribution in [0.15, 0.2) is 10.2 Å². The molecule has 0 aliphatic heterocycles. The summed E-state index contributed by atoms with van der Waals surface area (Å²) >= 11 is 0. The zero-order chi connectivity index (χ0) is 67.6. The molecule has 2 amide bonds. The van der Waals surface area contributed by atoms with E-state index < -0.39 is 34.5 Å². The largest absolute Gasteiger partial charge is 0.481 e. The molecule has 0 spiro atoms. The fourth-order valence-corrected chi connectivity index (χ4v) is 6.89. The van der Waals surface area contributed by atoms with Crippen molar-refractivity contribution in [3.63, 3.8) is 0 Å². The molecule has 89 heavy (non-hydrogen) atoms. The van der Waals surface area contributed by atoms with Crippen molar-refractivity contribution in [1.82, 2.24) is 10.6 Å². The van der Waals surface area contributed by atoms with Crippen LogP contribution in [0, 0.1) is 0 Å². The summed E-state index contributed by atoms with van der Waals surface area (Å²) in [5.41, 5.74) is 19.6. The number of carboxylic acids is 3. The van der Waals surface area contributed by atoms with Gasteiger partial charge in [-0.15, -0.1) is 0 Å². The van der Waals surface area contributed by atoms with Crippen LogP contribution in [0.3, 0.4) is 0 Å². The SMILES string of the molecule is CC(=O)CCOCC(COCCC(C)=O)(COCCC(C)=O)NC(=O)CCCCCN=[N+]=[N-].CC(=O)CCOCC(N)(COCCC(C)=O)COCCC(C)=O.[N-]=[N+]=NCCCCCC(=O)NC(COCCC(=O)O)(COCCC(=O)O)COCCC(=O)O. The smallest absolute Gasteiger partial charge is 0.305 e. The highest BCUT2D eigenvalue weighted by Crippen LogP contribution is 2.15. The molecule has 0 saturated carbocycles. The van der Waals surface area contributed by atoms with E-state index in [-0.39, 0.29) is 217 Å². The van der Waals surface area contributed by atoms with Gasteiger partial charge in [0.05, 0.1) is 144 Å². The highest BCUT2D eigenvalue weighted by atomic mass is 16.5. The minimum atomic E-state index is -1.28. The van der Waals surface area contributed by atoms with Gasteiger partial charge < -0.3 is 74.3 Å². The van der Waals surface area contributed by atoms with Crippen molar-refractivity contribution in [2.75, 3.05) is 132 Å². The third-order valence-electron chi connectivity index (χ3n) is 11.7. The Kier molecular flexibility index (Phi) is 55.4. The number of carbonyl (C=O) groups is 11. The Morgan fingerprint density at radius 1 is 0.348 bits per heavy atom. The van der Waals surface area contributed by atoms with Crippen LogP contribution < -0.4 is 16.4 Å². The molecule has 0 radical (unpaired) electrons. The van der Waals surface area contributed by atoms with Crippen molar-refractivity contribution in [3.8, 4) is 0 Å². The average molecular weight is 1280 g/mol. The van der Waals surface area contributed by atoms with E-state index in [0.29, 0.717) is 64.5 Å². The van der Waals surface area contributed by atoms with Crippen molar-refractivity contribution in [2.45, 2.75) is 167 Å². The number of Topliss-reactive ketones (excluding diaryl/α,β-unsaturated/α-hetero) is 6. The molecule has 510 valence electrons. The third-order valence-corrected chi connectivity index (χ3v) is 11.7. The highest BCUT2D eigenvalue weighted by molar-refractivity contribution is 5.78. The number of rotatable bonds is 59. The molecule has 0 saturated heterocycles. The lowest BCUT2D eigenvalue weighted by molar-refractivity contribution is -0.140. The summed E-state index contributed by atoms with van der Waals surface area (Å²) in [6.45, 7) is 10.7. The number of hydrogen-bond donors (Lipinski definition) is 6. The van der Waals surface area contributed by atoms with E-state index in [2.05, 4.69) is 30.7 Å². The second-order valence-corrected chi connectivity index (χ2v) is 21.2. The molecule has 0 aliphatic carbocycles. The molecule has 0 unspecified atom stereocenters. The molecule has 0 rings (SSSR count). The molecule has 0 bridgehead atoms. The zero-order valence-corrected chi connectivity index (χ0v) is 52.9. The van der Waals surface area contributed by atoms with Gasteiger partial charge in [-0.25, -0.2) is 0 Å². The van der Waals surface area contributed by atoms with E-state index >= 15 is 0 Å².